The lowest BCUT2D eigenvalue weighted by molar-refractivity contribution is -0.140. The third kappa shape index (κ3) is 2.76. The van der Waals surface area contributed by atoms with Crippen LogP contribution in [-0.4, -0.2) is 38.8 Å². The minimum Gasteiger partial charge on any atom is -0.326 e. The fraction of sp³-hybridized carbons (Fsp3) is 0.500. The molecular formula is C18H18Br2N2O3. The van der Waals surface area contributed by atoms with Gasteiger partial charge in [0, 0.05) is 28.3 Å². The zero-order valence-corrected chi connectivity index (χ0v) is 16.6. The highest BCUT2D eigenvalue weighted by Crippen LogP contribution is 2.60. The quantitative estimate of drug-likeness (QED) is 0.544. The van der Waals surface area contributed by atoms with Gasteiger partial charge in [0.2, 0.25) is 17.7 Å². The van der Waals surface area contributed by atoms with Crippen molar-refractivity contribution in [2.24, 2.45) is 23.7 Å². The lowest BCUT2D eigenvalue weighted by Gasteiger charge is -2.28. The van der Waals surface area contributed by atoms with Crippen LogP contribution in [0.4, 0.5) is 5.69 Å². The van der Waals surface area contributed by atoms with Crippen LogP contribution in [0, 0.1) is 23.7 Å². The Morgan fingerprint density at radius 3 is 2.16 bits per heavy atom. The fourth-order valence-electron chi connectivity index (χ4n) is 4.59. The van der Waals surface area contributed by atoms with Crippen molar-refractivity contribution in [3.05, 3.63) is 30.3 Å². The number of likely N-dealkylation sites (tertiary alicyclic amines) is 1. The van der Waals surface area contributed by atoms with Gasteiger partial charge in [-0.2, -0.15) is 0 Å². The molecule has 6 atom stereocenters. The number of fused-ring (bicyclic) bond motifs is 5. The van der Waals surface area contributed by atoms with E-state index in [0.29, 0.717) is 5.69 Å². The summed E-state index contributed by atoms with van der Waals surface area (Å²) in [6, 6.07) is 9.16. The summed E-state index contributed by atoms with van der Waals surface area (Å²) >= 11 is 7.34. The Balaban J connectivity index is 1.40. The van der Waals surface area contributed by atoms with E-state index in [2.05, 4.69) is 37.2 Å². The molecule has 1 aromatic carbocycles. The van der Waals surface area contributed by atoms with E-state index in [1.54, 1.807) is 12.1 Å². The highest BCUT2D eigenvalue weighted by molar-refractivity contribution is 9.12. The van der Waals surface area contributed by atoms with Gasteiger partial charge in [-0.25, -0.2) is 0 Å². The van der Waals surface area contributed by atoms with Gasteiger partial charge in [0.15, 0.2) is 0 Å². The topological polar surface area (TPSA) is 66.5 Å². The Morgan fingerprint density at radius 2 is 1.60 bits per heavy atom. The maximum atomic E-state index is 12.7. The van der Waals surface area contributed by atoms with E-state index in [4.69, 9.17) is 0 Å². The second-order valence-corrected chi connectivity index (χ2v) is 9.11. The number of rotatable bonds is 4. The number of para-hydroxylation sites is 1. The summed E-state index contributed by atoms with van der Waals surface area (Å²) in [5.74, 6) is -0.403. The molecule has 132 valence electrons. The van der Waals surface area contributed by atoms with Crippen molar-refractivity contribution in [3.63, 3.8) is 0 Å². The number of halogens is 2. The Hall–Kier alpha value is -1.21. The number of anilines is 1. The largest absolute Gasteiger partial charge is 0.326 e. The Morgan fingerprint density at radius 1 is 1.04 bits per heavy atom. The maximum Gasteiger partial charge on any atom is 0.233 e. The number of hydrogen-bond donors (Lipinski definition) is 1. The first-order chi connectivity index (χ1) is 12.0. The minimum atomic E-state index is -0.215. The van der Waals surface area contributed by atoms with Crippen LogP contribution in [-0.2, 0) is 14.4 Å². The molecule has 0 radical (unpaired) electrons. The van der Waals surface area contributed by atoms with E-state index in [9.17, 15) is 14.4 Å². The highest BCUT2D eigenvalue weighted by Gasteiger charge is 2.66. The number of benzene rings is 1. The second kappa shape index (κ2) is 6.50. The molecule has 1 aliphatic heterocycles. The van der Waals surface area contributed by atoms with Gasteiger partial charge in [-0.1, -0.05) is 50.1 Å². The molecule has 0 aromatic heterocycles. The van der Waals surface area contributed by atoms with Crippen LogP contribution in [0.15, 0.2) is 30.3 Å². The summed E-state index contributed by atoms with van der Waals surface area (Å²) in [5, 5.41) is 2.79. The lowest BCUT2D eigenvalue weighted by atomic mass is 9.81. The van der Waals surface area contributed by atoms with Crippen LogP contribution in [0.25, 0.3) is 0 Å². The van der Waals surface area contributed by atoms with Gasteiger partial charge < -0.3 is 5.32 Å². The van der Waals surface area contributed by atoms with Crippen LogP contribution in [0.3, 0.4) is 0 Å². The first-order valence-corrected chi connectivity index (χ1v) is 10.3. The van der Waals surface area contributed by atoms with Gasteiger partial charge in [-0.15, -0.1) is 0 Å². The summed E-state index contributed by atoms with van der Waals surface area (Å²) in [4.78, 5) is 39.4. The molecule has 4 rings (SSSR count). The van der Waals surface area contributed by atoms with E-state index < -0.39 is 0 Å². The molecule has 3 aliphatic rings. The van der Waals surface area contributed by atoms with Crippen molar-refractivity contribution in [1.82, 2.24) is 4.90 Å². The molecule has 5 nitrogen and oxygen atoms in total. The maximum absolute atomic E-state index is 12.7. The standard InChI is InChI=1S/C18H18Br2N2O3/c19-15-10-8-11(16(15)20)14-13(10)17(24)22(18(14)25)7-6-12(23)21-9-4-2-1-3-5-9/h1-5,10-11,13-16H,6-8H2,(H,21,23)/t10-,11-,13-,14-,15-,16+/m0/s1. The molecule has 0 spiro atoms. The average Bonchev–Trinajstić information content (AvgIpc) is 3.20. The lowest BCUT2D eigenvalue weighted by Crippen LogP contribution is -2.37. The monoisotopic (exact) mass is 468 g/mol. The van der Waals surface area contributed by atoms with E-state index in [1.807, 2.05) is 18.2 Å². The van der Waals surface area contributed by atoms with Crippen molar-refractivity contribution < 1.29 is 14.4 Å². The summed E-state index contributed by atoms with van der Waals surface area (Å²) in [7, 11) is 0. The number of nitrogens with one attached hydrogen (secondary N) is 1. The zero-order chi connectivity index (χ0) is 17.7. The molecule has 1 saturated heterocycles. The number of alkyl halides is 2. The predicted molar refractivity (Wildman–Crippen MR) is 100 cm³/mol. The number of carbonyl (C=O) groups excluding carboxylic acids is 3. The van der Waals surface area contributed by atoms with Crippen molar-refractivity contribution in [1.29, 1.82) is 0 Å². The fourth-order valence-corrected chi connectivity index (χ4v) is 6.46. The molecular weight excluding hydrogens is 452 g/mol. The third-order valence-electron chi connectivity index (χ3n) is 5.70. The Labute approximate surface area is 162 Å². The number of carbonyl (C=O) groups is 3. The van der Waals surface area contributed by atoms with E-state index >= 15 is 0 Å². The summed E-state index contributed by atoms with van der Waals surface area (Å²) in [6.07, 6.45) is 1.04. The van der Waals surface area contributed by atoms with Crippen LogP contribution in [0.2, 0.25) is 0 Å². The molecule has 1 aromatic rings. The first-order valence-electron chi connectivity index (χ1n) is 8.47. The highest BCUT2D eigenvalue weighted by atomic mass is 79.9. The van der Waals surface area contributed by atoms with Crippen LogP contribution < -0.4 is 5.32 Å². The Kier molecular flexibility index (Phi) is 4.48. The van der Waals surface area contributed by atoms with E-state index in [0.717, 1.165) is 6.42 Å². The zero-order valence-electron chi connectivity index (χ0n) is 13.4. The molecule has 3 fully saturated rings. The molecule has 7 heteroatoms. The summed E-state index contributed by atoms with van der Waals surface area (Å²) < 4.78 is 0. The van der Waals surface area contributed by atoms with Crippen molar-refractivity contribution in [3.8, 4) is 0 Å². The second-order valence-electron chi connectivity index (χ2n) is 7.00. The van der Waals surface area contributed by atoms with Gasteiger partial charge in [0.05, 0.1) is 11.8 Å². The SMILES string of the molecule is O=C(CCN1C(=O)[C@H]2[C@@H]3C[C@H]([C@@H](Br)[C@H]3Br)[C@@H]2C1=O)Nc1ccccc1. The van der Waals surface area contributed by atoms with Crippen molar-refractivity contribution >= 4 is 55.3 Å². The summed E-state index contributed by atoms with van der Waals surface area (Å²) in [6.45, 7) is 0.155. The molecule has 2 aliphatic carbocycles. The van der Waals surface area contributed by atoms with Gasteiger partial charge >= 0.3 is 0 Å². The van der Waals surface area contributed by atoms with Crippen molar-refractivity contribution in [2.75, 3.05) is 11.9 Å². The van der Waals surface area contributed by atoms with Crippen LogP contribution in [0.1, 0.15) is 12.8 Å². The molecule has 1 heterocycles. The number of amides is 3. The molecule has 0 unspecified atom stereocenters. The number of hydrogen-bond acceptors (Lipinski definition) is 3. The van der Waals surface area contributed by atoms with Gasteiger partial charge in [0.1, 0.15) is 0 Å². The smallest absolute Gasteiger partial charge is 0.233 e. The number of imide groups is 1. The molecule has 2 bridgehead atoms. The van der Waals surface area contributed by atoms with E-state index in [1.165, 1.54) is 4.90 Å². The van der Waals surface area contributed by atoms with Gasteiger partial charge in [-0.05, 0) is 30.4 Å². The molecule has 3 amide bonds. The molecule has 2 saturated carbocycles. The predicted octanol–water partition coefficient (Wildman–Crippen LogP) is 2.79. The summed E-state index contributed by atoms with van der Waals surface area (Å²) in [5.41, 5.74) is 0.714. The molecule has 1 N–H and O–H groups in total. The van der Waals surface area contributed by atoms with Crippen LogP contribution >= 0.6 is 31.9 Å². The number of nitrogens with zero attached hydrogens (tertiary/aromatic N) is 1. The first kappa shape index (κ1) is 17.2. The third-order valence-corrected chi connectivity index (χ3v) is 8.91. The van der Waals surface area contributed by atoms with Gasteiger partial charge in [0.25, 0.3) is 0 Å². The average molecular weight is 470 g/mol. The molecule has 25 heavy (non-hydrogen) atoms. The van der Waals surface area contributed by atoms with Crippen LogP contribution in [0.5, 0.6) is 0 Å². The van der Waals surface area contributed by atoms with E-state index in [-0.39, 0.29) is 64.0 Å². The minimum absolute atomic E-state index is 0.0983. The Bertz CT molecular complexity index is 694. The van der Waals surface area contributed by atoms with Gasteiger partial charge in [-0.3, -0.25) is 19.3 Å². The van der Waals surface area contributed by atoms with Crippen molar-refractivity contribution in [2.45, 2.75) is 22.5 Å². The normalized spacial score (nSPS) is 36.0.